The van der Waals surface area contributed by atoms with Gasteiger partial charge in [-0.25, -0.2) is 4.98 Å². The Balaban J connectivity index is 1.84. The van der Waals surface area contributed by atoms with Crippen molar-refractivity contribution in [3.8, 4) is 12.3 Å². The van der Waals surface area contributed by atoms with Crippen LogP contribution >= 0.6 is 0 Å². The van der Waals surface area contributed by atoms with Gasteiger partial charge in [-0.2, -0.15) is 5.10 Å². The first-order valence-corrected chi connectivity index (χ1v) is 6.95. The van der Waals surface area contributed by atoms with E-state index in [4.69, 9.17) is 6.42 Å². The lowest BCUT2D eigenvalue weighted by Crippen LogP contribution is -2.31. The summed E-state index contributed by atoms with van der Waals surface area (Å²) in [6, 6.07) is 7.11. The largest absolute Gasteiger partial charge is 0.328 e. The third-order valence-corrected chi connectivity index (χ3v) is 3.74. The fourth-order valence-electron chi connectivity index (χ4n) is 2.68. The number of aromatic amines is 1. The maximum Gasteiger partial charge on any atom is 0.254 e. The first-order chi connectivity index (χ1) is 10.2. The number of carbonyl (C=O) groups excluding carboxylic acids is 1. The van der Waals surface area contributed by atoms with Gasteiger partial charge in [-0.05, 0) is 44.0 Å². The van der Waals surface area contributed by atoms with Gasteiger partial charge in [0.1, 0.15) is 11.6 Å². The van der Waals surface area contributed by atoms with Gasteiger partial charge >= 0.3 is 0 Å². The molecule has 5 heteroatoms. The molecule has 0 bridgehead atoms. The van der Waals surface area contributed by atoms with Crippen LogP contribution in [0.25, 0.3) is 0 Å². The van der Waals surface area contributed by atoms with Crippen LogP contribution in [-0.2, 0) is 0 Å². The lowest BCUT2D eigenvalue weighted by atomic mass is 10.1. The van der Waals surface area contributed by atoms with Crippen LogP contribution in [0, 0.1) is 19.3 Å². The molecule has 1 atom stereocenters. The fraction of sp³-hybridized carbons (Fsp3) is 0.312. The number of hydrogen-bond donors (Lipinski definition) is 1. The topological polar surface area (TPSA) is 61.9 Å². The average Bonchev–Trinajstić information content (AvgIpc) is 3.15. The Labute approximate surface area is 123 Å². The zero-order chi connectivity index (χ0) is 14.8. The number of amides is 1. The molecule has 2 heterocycles. The van der Waals surface area contributed by atoms with Gasteiger partial charge in [0.05, 0.1) is 6.04 Å². The molecule has 0 radical (unpaired) electrons. The second-order valence-corrected chi connectivity index (χ2v) is 5.15. The third-order valence-electron chi connectivity index (χ3n) is 3.74. The van der Waals surface area contributed by atoms with Crippen molar-refractivity contribution in [2.24, 2.45) is 0 Å². The first kappa shape index (κ1) is 13.4. The predicted molar refractivity (Wildman–Crippen MR) is 78.5 cm³/mol. The minimum Gasteiger partial charge on any atom is -0.328 e. The molecule has 1 aliphatic heterocycles. The zero-order valence-electron chi connectivity index (χ0n) is 11.8. The molecule has 0 aliphatic carbocycles. The first-order valence-electron chi connectivity index (χ1n) is 6.95. The van der Waals surface area contributed by atoms with Gasteiger partial charge in [0, 0.05) is 17.7 Å². The fourth-order valence-corrected chi connectivity index (χ4v) is 2.68. The standard InChI is InChI=1S/C16H16N4O/c1-3-12-6-8-13(9-7-12)16(21)20-10-4-5-14(20)15-17-11(2)18-19-15/h1,6-9,14H,4-5,10H2,2H3,(H,17,18,19)/t14-/m1/s1. The van der Waals surface area contributed by atoms with Crippen LogP contribution in [0.15, 0.2) is 24.3 Å². The van der Waals surface area contributed by atoms with E-state index >= 15 is 0 Å². The van der Waals surface area contributed by atoms with E-state index in [1.165, 1.54) is 0 Å². The quantitative estimate of drug-likeness (QED) is 0.857. The minimum atomic E-state index is -0.0222. The second kappa shape index (κ2) is 5.41. The molecule has 0 spiro atoms. The lowest BCUT2D eigenvalue weighted by molar-refractivity contribution is 0.0730. The number of terminal acetylenes is 1. The molecule has 106 valence electrons. The summed E-state index contributed by atoms with van der Waals surface area (Å²) in [6.07, 6.45) is 7.21. The number of nitrogens with zero attached hydrogens (tertiary/aromatic N) is 3. The van der Waals surface area contributed by atoms with Crippen molar-refractivity contribution in [1.82, 2.24) is 20.1 Å². The predicted octanol–water partition coefficient (Wildman–Crippen LogP) is 2.07. The van der Waals surface area contributed by atoms with Crippen molar-refractivity contribution in [3.05, 3.63) is 47.0 Å². The Morgan fingerprint density at radius 1 is 1.43 bits per heavy atom. The molecule has 2 aromatic rings. The van der Waals surface area contributed by atoms with Crippen molar-refractivity contribution in [1.29, 1.82) is 0 Å². The molecule has 1 saturated heterocycles. The molecule has 0 unspecified atom stereocenters. The zero-order valence-corrected chi connectivity index (χ0v) is 11.8. The van der Waals surface area contributed by atoms with E-state index in [0.717, 1.165) is 30.8 Å². The van der Waals surface area contributed by atoms with Crippen molar-refractivity contribution in [3.63, 3.8) is 0 Å². The Morgan fingerprint density at radius 2 is 2.19 bits per heavy atom. The molecular weight excluding hydrogens is 264 g/mol. The molecule has 1 fully saturated rings. The summed E-state index contributed by atoms with van der Waals surface area (Å²) in [4.78, 5) is 18.9. The summed E-state index contributed by atoms with van der Waals surface area (Å²) in [5, 5.41) is 6.97. The summed E-state index contributed by atoms with van der Waals surface area (Å²) in [5.41, 5.74) is 1.42. The SMILES string of the molecule is C#Cc1ccc(C(=O)N2CCC[C@@H]2c2nc(C)n[nH]2)cc1. The number of likely N-dealkylation sites (tertiary alicyclic amines) is 1. The minimum absolute atomic E-state index is 0.00937. The van der Waals surface area contributed by atoms with E-state index in [1.54, 1.807) is 24.3 Å². The van der Waals surface area contributed by atoms with E-state index in [-0.39, 0.29) is 11.9 Å². The van der Waals surface area contributed by atoms with Gasteiger partial charge in [-0.1, -0.05) is 5.92 Å². The molecule has 5 nitrogen and oxygen atoms in total. The Hall–Kier alpha value is -2.61. The van der Waals surface area contributed by atoms with Crippen LogP contribution in [0.3, 0.4) is 0 Å². The van der Waals surface area contributed by atoms with Gasteiger partial charge in [0.15, 0.2) is 0 Å². The van der Waals surface area contributed by atoms with Crippen LogP contribution in [-0.4, -0.2) is 32.5 Å². The van der Waals surface area contributed by atoms with Crippen molar-refractivity contribution >= 4 is 5.91 Å². The summed E-state index contributed by atoms with van der Waals surface area (Å²) < 4.78 is 0. The highest BCUT2D eigenvalue weighted by Crippen LogP contribution is 2.31. The van der Waals surface area contributed by atoms with E-state index in [0.29, 0.717) is 11.4 Å². The third kappa shape index (κ3) is 2.52. The number of aromatic nitrogens is 3. The molecule has 3 rings (SSSR count). The smallest absolute Gasteiger partial charge is 0.254 e. The number of H-pyrrole nitrogens is 1. The monoisotopic (exact) mass is 280 g/mol. The molecular formula is C16H16N4O. The van der Waals surface area contributed by atoms with Gasteiger partial charge in [-0.3, -0.25) is 9.89 Å². The normalized spacial score (nSPS) is 17.7. The number of rotatable bonds is 2. The lowest BCUT2D eigenvalue weighted by Gasteiger charge is -2.23. The molecule has 1 amide bonds. The van der Waals surface area contributed by atoms with Crippen LogP contribution in [0.4, 0.5) is 0 Å². The van der Waals surface area contributed by atoms with Crippen LogP contribution < -0.4 is 0 Å². The summed E-state index contributed by atoms with van der Waals surface area (Å²) in [5.74, 6) is 4.02. The molecule has 0 saturated carbocycles. The molecule has 1 aromatic carbocycles. The van der Waals surface area contributed by atoms with Gasteiger partial charge in [0.25, 0.3) is 5.91 Å². The highest BCUT2D eigenvalue weighted by Gasteiger charge is 2.32. The molecule has 1 aliphatic rings. The Kier molecular flexibility index (Phi) is 3.44. The summed E-state index contributed by atoms with van der Waals surface area (Å²) >= 11 is 0. The van der Waals surface area contributed by atoms with Crippen LogP contribution in [0.2, 0.25) is 0 Å². The van der Waals surface area contributed by atoms with Gasteiger partial charge in [0.2, 0.25) is 0 Å². The molecule has 1 N–H and O–H groups in total. The van der Waals surface area contributed by atoms with Crippen molar-refractivity contribution in [2.75, 3.05) is 6.54 Å². The maximum atomic E-state index is 12.6. The second-order valence-electron chi connectivity index (χ2n) is 5.15. The average molecular weight is 280 g/mol. The van der Waals surface area contributed by atoms with Crippen molar-refractivity contribution in [2.45, 2.75) is 25.8 Å². The highest BCUT2D eigenvalue weighted by molar-refractivity contribution is 5.94. The van der Waals surface area contributed by atoms with E-state index in [9.17, 15) is 4.79 Å². The Morgan fingerprint density at radius 3 is 2.81 bits per heavy atom. The van der Waals surface area contributed by atoms with Crippen LogP contribution in [0.5, 0.6) is 0 Å². The molecule has 21 heavy (non-hydrogen) atoms. The van der Waals surface area contributed by atoms with Crippen LogP contribution in [0.1, 0.15) is 46.5 Å². The van der Waals surface area contributed by atoms with E-state index in [1.807, 2.05) is 11.8 Å². The number of nitrogens with one attached hydrogen (secondary N) is 1. The number of benzene rings is 1. The Bertz CT molecular complexity index is 696. The van der Waals surface area contributed by atoms with Gasteiger partial charge in [-0.15, -0.1) is 6.42 Å². The maximum absolute atomic E-state index is 12.6. The number of aryl methyl sites for hydroxylation is 1. The van der Waals surface area contributed by atoms with E-state index < -0.39 is 0 Å². The van der Waals surface area contributed by atoms with Gasteiger partial charge < -0.3 is 4.90 Å². The number of carbonyl (C=O) groups is 1. The molecule has 1 aromatic heterocycles. The van der Waals surface area contributed by atoms with E-state index in [2.05, 4.69) is 21.1 Å². The summed E-state index contributed by atoms with van der Waals surface area (Å²) in [7, 11) is 0. The summed E-state index contributed by atoms with van der Waals surface area (Å²) in [6.45, 7) is 2.57. The number of hydrogen-bond acceptors (Lipinski definition) is 3. The van der Waals surface area contributed by atoms with Crippen molar-refractivity contribution < 1.29 is 4.79 Å². The highest BCUT2D eigenvalue weighted by atomic mass is 16.2.